The van der Waals surface area contributed by atoms with Crippen molar-refractivity contribution in [1.82, 2.24) is 14.3 Å². The molecule has 8 nitrogen and oxygen atoms in total. The first kappa shape index (κ1) is 30.7. The van der Waals surface area contributed by atoms with Crippen molar-refractivity contribution in [2.24, 2.45) is 0 Å². The number of aryl methyl sites for hydroxylation is 1. The second kappa shape index (κ2) is 14.6. The van der Waals surface area contributed by atoms with E-state index in [2.05, 4.69) is 4.98 Å². The van der Waals surface area contributed by atoms with E-state index in [1.165, 1.54) is 22.2 Å². The quantitative estimate of drug-likeness (QED) is 0.115. The standard InChI is InChI=1S/C30H32ClN3O5S2/c1-20-18-21(14-15-23(20)31)39-27-22(28(37)33-16-11-9-12-25(33)32-27)19-24-29(38)34(30(40)41-24)17-10-7-5-3-2-4-6-8-13-26(35)36/h9,11-12,14-16,18-19H,2-8,10,13,17H2,1H3,(H,35,36)/b24-19+. The molecule has 1 saturated heterocycles. The van der Waals surface area contributed by atoms with Crippen LogP contribution in [0.4, 0.5) is 0 Å². The van der Waals surface area contributed by atoms with Crippen molar-refractivity contribution < 1.29 is 19.4 Å². The Morgan fingerprint density at radius 2 is 1.78 bits per heavy atom. The zero-order chi connectivity index (χ0) is 29.4. The van der Waals surface area contributed by atoms with Crippen LogP contribution in [0.5, 0.6) is 11.6 Å². The number of rotatable bonds is 14. The topological polar surface area (TPSA) is 101 Å². The molecule has 0 saturated carbocycles. The number of nitrogens with zero attached hydrogens (tertiary/aromatic N) is 3. The van der Waals surface area contributed by atoms with Crippen molar-refractivity contribution in [1.29, 1.82) is 0 Å². The summed E-state index contributed by atoms with van der Waals surface area (Å²) in [6.07, 6.45) is 11.1. The molecule has 0 unspecified atom stereocenters. The third kappa shape index (κ3) is 8.18. The molecule has 1 aromatic carbocycles. The highest BCUT2D eigenvalue weighted by atomic mass is 35.5. The monoisotopic (exact) mass is 613 g/mol. The van der Waals surface area contributed by atoms with E-state index < -0.39 is 5.97 Å². The molecule has 4 rings (SSSR count). The molecule has 216 valence electrons. The molecule has 11 heteroatoms. The lowest BCUT2D eigenvalue weighted by Crippen LogP contribution is -2.29. The highest BCUT2D eigenvalue weighted by Gasteiger charge is 2.32. The summed E-state index contributed by atoms with van der Waals surface area (Å²) in [4.78, 5) is 43.8. The van der Waals surface area contributed by atoms with Crippen LogP contribution in [0.3, 0.4) is 0 Å². The number of carboxylic acids is 1. The molecule has 0 bridgehead atoms. The number of ether oxygens (including phenoxy) is 1. The smallest absolute Gasteiger partial charge is 0.303 e. The molecule has 0 radical (unpaired) electrons. The Balaban J connectivity index is 1.42. The van der Waals surface area contributed by atoms with Crippen molar-refractivity contribution in [3.63, 3.8) is 0 Å². The van der Waals surface area contributed by atoms with Gasteiger partial charge >= 0.3 is 5.97 Å². The first-order valence-corrected chi connectivity index (χ1v) is 15.3. The van der Waals surface area contributed by atoms with Gasteiger partial charge in [0.15, 0.2) is 0 Å². The van der Waals surface area contributed by atoms with Crippen LogP contribution in [0.1, 0.15) is 68.9 Å². The number of thioether (sulfide) groups is 1. The molecule has 0 aliphatic carbocycles. The number of carboxylic acid groups (broad SMARTS) is 1. The van der Waals surface area contributed by atoms with Crippen LogP contribution in [0, 0.1) is 6.92 Å². The maximum Gasteiger partial charge on any atom is 0.303 e. The second-order valence-corrected chi connectivity index (χ2v) is 12.0. The van der Waals surface area contributed by atoms with E-state index in [-0.39, 0.29) is 29.3 Å². The van der Waals surface area contributed by atoms with Gasteiger partial charge in [0.25, 0.3) is 11.5 Å². The Labute approximate surface area is 253 Å². The largest absolute Gasteiger partial charge is 0.481 e. The molecule has 1 amide bonds. The Hall–Kier alpha value is -3.21. The average Bonchev–Trinajstić information content (AvgIpc) is 3.21. The summed E-state index contributed by atoms with van der Waals surface area (Å²) in [5.41, 5.74) is 1.04. The van der Waals surface area contributed by atoms with Gasteiger partial charge in [-0.15, -0.1) is 0 Å². The lowest BCUT2D eigenvalue weighted by Gasteiger charge is -2.14. The number of hydrogen-bond donors (Lipinski definition) is 1. The van der Waals surface area contributed by atoms with E-state index in [1.807, 2.05) is 6.92 Å². The van der Waals surface area contributed by atoms with Gasteiger partial charge in [0, 0.05) is 24.2 Å². The minimum absolute atomic E-state index is 0.0937. The summed E-state index contributed by atoms with van der Waals surface area (Å²) in [5, 5.41) is 9.29. The van der Waals surface area contributed by atoms with Crippen LogP contribution in [-0.2, 0) is 9.59 Å². The summed E-state index contributed by atoms with van der Waals surface area (Å²) in [6.45, 7) is 2.37. The van der Waals surface area contributed by atoms with Crippen LogP contribution in [0.15, 0.2) is 52.3 Å². The zero-order valence-electron chi connectivity index (χ0n) is 22.8. The lowest BCUT2D eigenvalue weighted by molar-refractivity contribution is -0.137. The van der Waals surface area contributed by atoms with Crippen molar-refractivity contribution in [3.05, 3.63) is 74.0 Å². The summed E-state index contributed by atoms with van der Waals surface area (Å²) >= 11 is 12.8. The number of carbonyl (C=O) groups is 2. The number of amides is 1. The summed E-state index contributed by atoms with van der Waals surface area (Å²) in [7, 11) is 0. The SMILES string of the molecule is Cc1cc(Oc2nc3ccccn3c(=O)c2/C=C2/SC(=S)N(CCCCCCCCCCC(=O)O)C2=O)ccc1Cl. The summed E-state index contributed by atoms with van der Waals surface area (Å²) in [6, 6.07) is 10.4. The number of carbonyl (C=O) groups excluding carboxylic acids is 1. The Kier molecular flexibility index (Phi) is 11.0. The second-order valence-electron chi connectivity index (χ2n) is 9.88. The maximum absolute atomic E-state index is 13.5. The van der Waals surface area contributed by atoms with E-state index in [4.69, 9.17) is 33.7 Å². The molecular weight excluding hydrogens is 582 g/mol. The third-order valence-electron chi connectivity index (χ3n) is 6.75. The third-order valence-corrected chi connectivity index (χ3v) is 8.55. The number of fused-ring (bicyclic) bond motifs is 1. The highest BCUT2D eigenvalue weighted by molar-refractivity contribution is 8.26. The van der Waals surface area contributed by atoms with Gasteiger partial charge in [-0.3, -0.25) is 23.7 Å². The van der Waals surface area contributed by atoms with Gasteiger partial charge < -0.3 is 9.84 Å². The number of pyridine rings is 1. The summed E-state index contributed by atoms with van der Waals surface area (Å²) in [5.74, 6) is -0.402. The van der Waals surface area contributed by atoms with Crippen LogP contribution in [-0.4, -0.2) is 42.1 Å². The molecule has 3 aromatic rings. The molecule has 0 spiro atoms. The van der Waals surface area contributed by atoms with Crippen molar-refractivity contribution in [3.8, 4) is 11.6 Å². The normalized spacial score (nSPS) is 14.4. The molecule has 1 aliphatic rings. The van der Waals surface area contributed by atoms with Crippen LogP contribution in [0.2, 0.25) is 5.02 Å². The average molecular weight is 614 g/mol. The maximum atomic E-state index is 13.5. The first-order chi connectivity index (χ1) is 19.7. The number of benzene rings is 1. The first-order valence-electron chi connectivity index (χ1n) is 13.7. The Morgan fingerprint density at radius 3 is 2.49 bits per heavy atom. The van der Waals surface area contributed by atoms with Crippen molar-refractivity contribution >= 4 is 63.5 Å². The van der Waals surface area contributed by atoms with E-state index in [0.717, 1.165) is 56.9 Å². The van der Waals surface area contributed by atoms with Gasteiger partial charge in [0.2, 0.25) is 5.88 Å². The zero-order valence-corrected chi connectivity index (χ0v) is 25.2. The van der Waals surface area contributed by atoms with E-state index in [9.17, 15) is 14.4 Å². The van der Waals surface area contributed by atoms with Crippen LogP contribution < -0.4 is 10.3 Å². The van der Waals surface area contributed by atoms with Crippen molar-refractivity contribution in [2.75, 3.05) is 6.54 Å². The molecule has 1 aliphatic heterocycles. The van der Waals surface area contributed by atoms with E-state index in [0.29, 0.717) is 32.2 Å². The lowest BCUT2D eigenvalue weighted by atomic mass is 10.1. The van der Waals surface area contributed by atoms with E-state index in [1.54, 1.807) is 47.5 Å². The van der Waals surface area contributed by atoms with Gasteiger partial charge in [-0.25, -0.2) is 0 Å². The summed E-state index contributed by atoms with van der Waals surface area (Å²) < 4.78 is 7.93. The Bertz CT molecular complexity index is 1540. The van der Waals surface area contributed by atoms with Crippen LogP contribution in [0.25, 0.3) is 11.7 Å². The number of aliphatic carboxylic acids is 1. The fraction of sp³-hybridized carbons (Fsp3) is 0.367. The molecule has 0 atom stereocenters. The molecule has 41 heavy (non-hydrogen) atoms. The van der Waals surface area contributed by atoms with Crippen molar-refractivity contribution in [2.45, 2.75) is 64.7 Å². The minimum atomic E-state index is -0.737. The number of hydrogen-bond acceptors (Lipinski definition) is 7. The Morgan fingerprint density at radius 1 is 1.07 bits per heavy atom. The van der Waals surface area contributed by atoms with Gasteiger partial charge in [-0.2, -0.15) is 4.98 Å². The fourth-order valence-electron chi connectivity index (χ4n) is 4.51. The molecule has 1 fully saturated rings. The number of aromatic nitrogens is 2. The van der Waals surface area contributed by atoms with Gasteiger partial charge in [-0.05, 0) is 61.7 Å². The minimum Gasteiger partial charge on any atom is -0.481 e. The molecule has 3 heterocycles. The number of halogens is 1. The molecular formula is C30H32ClN3O5S2. The number of thiocarbonyl (C=S) groups is 1. The predicted octanol–water partition coefficient (Wildman–Crippen LogP) is 7.25. The molecule has 2 aromatic heterocycles. The molecule has 1 N–H and O–H groups in total. The van der Waals surface area contributed by atoms with Gasteiger partial charge in [0.05, 0.1) is 4.91 Å². The van der Waals surface area contributed by atoms with Gasteiger partial charge in [0.1, 0.15) is 21.3 Å². The number of unbranched alkanes of at least 4 members (excludes halogenated alkanes) is 7. The van der Waals surface area contributed by atoms with Crippen LogP contribution >= 0.6 is 35.6 Å². The van der Waals surface area contributed by atoms with Gasteiger partial charge in [-0.1, -0.05) is 80.2 Å². The highest BCUT2D eigenvalue weighted by Crippen LogP contribution is 2.34. The van der Waals surface area contributed by atoms with E-state index >= 15 is 0 Å². The predicted molar refractivity (Wildman–Crippen MR) is 167 cm³/mol. The fourth-order valence-corrected chi connectivity index (χ4v) is 5.91.